The summed E-state index contributed by atoms with van der Waals surface area (Å²) in [6, 6.07) is 10.8. The smallest absolute Gasteiger partial charge is 0.416 e. The minimum atomic E-state index is -4.31. The predicted octanol–water partition coefficient (Wildman–Crippen LogP) is 5.87. The summed E-state index contributed by atoms with van der Waals surface area (Å²) in [6.07, 6.45) is -4.31. The highest BCUT2D eigenvalue weighted by atomic mass is 32.2. The highest BCUT2D eigenvalue weighted by molar-refractivity contribution is 8.01. The summed E-state index contributed by atoms with van der Waals surface area (Å²) < 4.78 is 44.9. The molecule has 0 atom stereocenters. The molecule has 1 heterocycles. The Morgan fingerprint density at radius 2 is 1.87 bits per heavy atom. The van der Waals surface area contributed by atoms with Crippen molar-refractivity contribution in [2.24, 2.45) is 0 Å². The number of rotatable bonds is 4. The molecule has 2 aromatic carbocycles. The molecule has 0 bridgehead atoms. The molecule has 3 aromatic rings. The Kier molecular flexibility index (Phi) is 4.50. The molecule has 0 unspecified atom stereocenters. The predicted molar refractivity (Wildman–Crippen MR) is 86.4 cm³/mol. The van der Waals surface area contributed by atoms with Crippen LogP contribution in [0.25, 0.3) is 10.2 Å². The first kappa shape index (κ1) is 16.1. The number of thiazole rings is 1. The fourth-order valence-corrected chi connectivity index (χ4v) is 4.06. The molecule has 0 radical (unpaired) electrons. The van der Waals surface area contributed by atoms with Crippen molar-refractivity contribution in [3.05, 3.63) is 48.0 Å². The van der Waals surface area contributed by atoms with Crippen LogP contribution in [-0.4, -0.2) is 11.6 Å². The fourth-order valence-electron chi connectivity index (χ4n) is 2.00. The van der Waals surface area contributed by atoms with Gasteiger partial charge in [-0.3, -0.25) is 0 Å². The van der Waals surface area contributed by atoms with Gasteiger partial charge in [-0.2, -0.15) is 13.2 Å². The monoisotopic (exact) mass is 355 g/mol. The van der Waals surface area contributed by atoms with Gasteiger partial charge in [0.2, 0.25) is 0 Å². The number of nitrogens with zero attached hydrogens (tertiary/aromatic N) is 1. The van der Waals surface area contributed by atoms with Crippen LogP contribution < -0.4 is 4.74 Å². The van der Waals surface area contributed by atoms with E-state index in [0.717, 1.165) is 37.3 Å². The van der Waals surface area contributed by atoms with Gasteiger partial charge >= 0.3 is 6.18 Å². The summed E-state index contributed by atoms with van der Waals surface area (Å²) in [5.74, 6) is 0.787. The van der Waals surface area contributed by atoms with Gasteiger partial charge in [0.15, 0.2) is 4.34 Å². The van der Waals surface area contributed by atoms with Crippen molar-refractivity contribution in [1.82, 2.24) is 4.98 Å². The summed E-state index contributed by atoms with van der Waals surface area (Å²) in [4.78, 5) is 5.21. The van der Waals surface area contributed by atoms with Crippen molar-refractivity contribution >= 4 is 33.3 Å². The van der Waals surface area contributed by atoms with Gasteiger partial charge in [-0.05, 0) is 49.4 Å². The summed E-state index contributed by atoms with van der Waals surface area (Å²) in [6.45, 7) is 2.51. The minimum Gasteiger partial charge on any atom is -0.494 e. The maximum Gasteiger partial charge on any atom is 0.416 e. The second-order valence-corrected chi connectivity index (χ2v) is 7.02. The zero-order valence-corrected chi connectivity index (χ0v) is 13.7. The molecule has 3 rings (SSSR count). The van der Waals surface area contributed by atoms with Crippen molar-refractivity contribution < 1.29 is 17.9 Å². The van der Waals surface area contributed by atoms with E-state index in [9.17, 15) is 13.2 Å². The zero-order chi connectivity index (χ0) is 16.4. The first-order valence-corrected chi connectivity index (χ1v) is 8.47. The molecule has 0 spiro atoms. The van der Waals surface area contributed by atoms with Gasteiger partial charge in [0.05, 0.1) is 22.4 Å². The second kappa shape index (κ2) is 6.41. The van der Waals surface area contributed by atoms with Crippen LogP contribution in [-0.2, 0) is 6.18 Å². The molecular formula is C16H12F3NOS2. The van der Waals surface area contributed by atoms with Crippen molar-refractivity contribution in [2.45, 2.75) is 22.3 Å². The van der Waals surface area contributed by atoms with Crippen molar-refractivity contribution in [3.63, 3.8) is 0 Å². The first-order valence-electron chi connectivity index (χ1n) is 6.84. The van der Waals surface area contributed by atoms with Gasteiger partial charge in [-0.1, -0.05) is 11.8 Å². The molecule has 120 valence electrons. The van der Waals surface area contributed by atoms with Gasteiger partial charge in [-0.25, -0.2) is 4.98 Å². The van der Waals surface area contributed by atoms with Gasteiger partial charge in [-0.15, -0.1) is 11.3 Å². The normalized spacial score (nSPS) is 11.8. The quantitative estimate of drug-likeness (QED) is 0.585. The molecule has 0 amide bonds. The van der Waals surface area contributed by atoms with Crippen LogP contribution in [0.5, 0.6) is 5.75 Å². The van der Waals surface area contributed by atoms with Crippen LogP contribution in [0.15, 0.2) is 51.7 Å². The molecule has 23 heavy (non-hydrogen) atoms. The molecule has 7 heteroatoms. The third kappa shape index (κ3) is 3.79. The number of aromatic nitrogens is 1. The van der Waals surface area contributed by atoms with E-state index in [1.165, 1.54) is 35.2 Å². The molecule has 0 N–H and O–H groups in total. The van der Waals surface area contributed by atoms with E-state index < -0.39 is 11.7 Å². The topological polar surface area (TPSA) is 22.1 Å². The van der Waals surface area contributed by atoms with Crippen LogP contribution in [0.4, 0.5) is 13.2 Å². The van der Waals surface area contributed by atoms with Gasteiger partial charge < -0.3 is 4.74 Å². The summed E-state index contributed by atoms with van der Waals surface area (Å²) in [5, 5.41) is 0. The van der Waals surface area contributed by atoms with Crippen molar-refractivity contribution in [1.29, 1.82) is 0 Å². The lowest BCUT2D eigenvalue weighted by molar-refractivity contribution is -0.137. The fraction of sp³-hybridized carbons (Fsp3) is 0.188. The standard InChI is InChI=1S/C16H12F3NOS2/c1-2-21-11-5-8-13-14(9-11)23-15(20-13)22-12-6-3-10(4-7-12)16(17,18)19/h3-9H,2H2,1H3. The number of ether oxygens (including phenoxy) is 1. The van der Waals surface area contributed by atoms with E-state index in [2.05, 4.69) is 4.98 Å². The molecule has 0 aliphatic heterocycles. The average molecular weight is 355 g/mol. The molecule has 0 aliphatic rings. The van der Waals surface area contributed by atoms with Gasteiger partial charge in [0, 0.05) is 4.90 Å². The van der Waals surface area contributed by atoms with Crippen LogP contribution in [0.2, 0.25) is 0 Å². The van der Waals surface area contributed by atoms with E-state index in [1.54, 1.807) is 0 Å². The molecule has 1 aromatic heterocycles. The molecule has 0 saturated carbocycles. The first-order chi connectivity index (χ1) is 11.0. The Bertz CT molecular complexity index is 812. The van der Waals surface area contributed by atoms with Gasteiger partial charge in [0.25, 0.3) is 0 Å². The third-order valence-electron chi connectivity index (χ3n) is 3.04. The molecular weight excluding hydrogens is 343 g/mol. The Morgan fingerprint density at radius 1 is 1.13 bits per heavy atom. The number of halogens is 3. The number of hydrogen-bond acceptors (Lipinski definition) is 4. The number of benzene rings is 2. The Labute approximate surface area is 139 Å². The number of hydrogen-bond donors (Lipinski definition) is 0. The molecule has 2 nitrogen and oxygen atoms in total. The van der Waals surface area contributed by atoms with Crippen molar-refractivity contribution in [3.8, 4) is 5.75 Å². The summed E-state index contributed by atoms with van der Waals surface area (Å²) in [5.41, 5.74) is 0.209. The number of alkyl halides is 3. The van der Waals surface area contributed by atoms with Gasteiger partial charge in [0.1, 0.15) is 5.75 Å². The SMILES string of the molecule is CCOc1ccc2nc(Sc3ccc(C(F)(F)F)cc3)sc2c1. The zero-order valence-electron chi connectivity index (χ0n) is 12.1. The van der Waals surface area contributed by atoms with Crippen LogP contribution in [0.1, 0.15) is 12.5 Å². The second-order valence-electron chi connectivity index (χ2n) is 4.67. The maximum absolute atomic E-state index is 12.6. The van der Waals surface area contributed by atoms with Crippen LogP contribution >= 0.6 is 23.1 Å². The van der Waals surface area contributed by atoms with E-state index in [4.69, 9.17) is 4.74 Å². The van der Waals surface area contributed by atoms with E-state index in [1.807, 2.05) is 25.1 Å². The highest BCUT2D eigenvalue weighted by Crippen LogP contribution is 2.37. The maximum atomic E-state index is 12.6. The lowest BCUT2D eigenvalue weighted by Gasteiger charge is -2.06. The van der Waals surface area contributed by atoms with Crippen molar-refractivity contribution in [2.75, 3.05) is 6.61 Å². The van der Waals surface area contributed by atoms with E-state index >= 15 is 0 Å². The highest BCUT2D eigenvalue weighted by Gasteiger charge is 2.29. The third-order valence-corrected chi connectivity index (χ3v) is 5.12. The average Bonchev–Trinajstić information content (AvgIpc) is 2.88. The Hall–Kier alpha value is -1.73. The van der Waals surface area contributed by atoms with Crippen LogP contribution in [0, 0.1) is 0 Å². The van der Waals surface area contributed by atoms with E-state index in [0.29, 0.717) is 6.61 Å². The number of fused-ring (bicyclic) bond motifs is 1. The largest absolute Gasteiger partial charge is 0.494 e. The summed E-state index contributed by atoms with van der Waals surface area (Å²) >= 11 is 2.84. The van der Waals surface area contributed by atoms with Crippen LogP contribution in [0.3, 0.4) is 0 Å². The minimum absolute atomic E-state index is 0.595. The lowest BCUT2D eigenvalue weighted by Crippen LogP contribution is -2.03. The molecule has 0 aliphatic carbocycles. The Morgan fingerprint density at radius 3 is 2.52 bits per heavy atom. The van der Waals surface area contributed by atoms with E-state index in [-0.39, 0.29) is 0 Å². The lowest BCUT2D eigenvalue weighted by atomic mass is 10.2. The Balaban J connectivity index is 1.81. The summed E-state index contributed by atoms with van der Waals surface area (Å²) in [7, 11) is 0. The molecule has 0 fully saturated rings. The molecule has 0 saturated heterocycles.